The van der Waals surface area contributed by atoms with Crippen LogP contribution in [0.4, 0.5) is 0 Å². The van der Waals surface area contributed by atoms with Crippen molar-refractivity contribution < 1.29 is 5.11 Å². The molecule has 1 N–H and O–H groups in total. The van der Waals surface area contributed by atoms with Gasteiger partial charge in [-0.2, -0.15) is 0 Å². The third-order valence-electron chi connectivity index (χ3n) is 6.53. The molecule has 0 unspecified atom stereocenters. The van der Waals surface area contributed by atoms with Gasteiger partial charge in [-0.1, -0.05) is 151 Å². The Hall–Kier alpha value is -3.16. The lowest BCUT2D eigenvalue weighted by Crippen LogP contribution is -2.19. The summed E-state index contributed by atoms with van der Waals surface area (Å²) in [5.41, 5.74) is 9.28. The Bertz CT molecular complexity index is 1130. The van der Waals surface area contributed by atoms with Crippen LogP contribution < -0.4 is 0 Å². The number of rotatable bonds is 12. The zero-order valence-corrected chi connectivity index (χ0v) is 25.1. The van der Waals surface area contributed by atoms with Gasteiger partial charge in [0, 0.05) is 0 Å². The minimum absolute atomic E-state index is 0.0700. The summed E-state index contributed by atoms with van der Waals surface area (Å²) in [5, 5.41) is 8.81. The van der Waals surface area contributed by atoms with Crippen LogP contribution in [-0.4, -0.2) is 11.7 Å². The summed E-state index contributed by atoms with van der Waals surface area (Å²) in [6.07, 6.45) is 39.3. The summed E-state index contributed by atoms with van der Waals surface area (Å²) >= 11 is 0. The van der Waals surface area contributed by atoms with Crippen LogP contribution >= 0.6 is 0 Å². The van der Waals surface area contributed by atoms with Crippen LogP contribution in [0, 0.1) is 5.41 Å². The van der Waals surface area contributed by atoms with Gasteiger partial charge >= 0.3 is 0 Å². The van der Waals surface area contributed by atoms with E-state index in [-0.39, 0.29) is 12.0 Å². The molecule has 0 saturated carbocycles. The molecule has 0 saturated heterocycles. The number of aliphatic hydroxyl groups is 1. The maximum absolute atomic E-state index is 8.81. The summed E-state index contributed by atoms with van der Waals surface area (Å²) in [7, 11) is 0. The van der Waals surface area contributed by atoms with Gasteiger partial charge in [0.25, 0.3) is 0 Å². The number of aliphatic hydroxyl groups excluding tert-OH is 1. The highest BCUT2D eigenvalue weighted by atomic mass is 16.2. The van der Waals surface area contributed by atoms with E-state index >= 15 is 0 Å². The highest BCUT2D eigenvalue weighted by Gasteiger charge is 2.26. The van der Waals surface area contributed by atoms with Crippen LogP contribution in [0.5, 0.6) is 0 Å². The van der Waals surface area contributed by atoms with E-state index < -0.39 is 0 Å². The molecule has 0 amide bonds. The zero-order chi connectivity index (χ0) is 28.4. The largest absolute Gasteiger partial charge is 0.392 e. The lowest BCUT2D eigenvalue weighted by atomic mass is 9.72. The summed E-state index contributed by atoms with van der Waals surface area (Å²) in [4.78, 5) is 0. The van der Waals surface area contributed by atoms with E-state index in [0.717, 1.165) is 5.57 Å². The lowest BCUT2D eigenvalue weighted by Gasteiger charge is -2.32. The molecule has 0 bridgehead atoms. The normalized spacial score (nSPS) is 19.2. The molecule has 1 aliphatic rings. The monoisotopic (exact) mass is 510 g/mol. The van der Waals surface area contributed by atoms with Gasteiger partial charge < -0.3 is 5.11 Å². The highest BCUT2D eigenvalue weighted by Crippen LogP contribution is 2.40. The Morgan fingerprint density at radius 2 is 1.08 bits per heavy atom. The Kier molecular flexibility index (Phi) is 15.7. The van der Waals surface area contributed by atoms with Crippen molar-refractivity contribution in [1.29, 1.82) is 0 Å². The molecule has 204 valence electrons. The second kappa shape index (κ2) is 18.2. The van der Waals surface area contributed by atoms with Crippen molar-refractivity contribution in [2.45, 2.75) is 74.7 Å². The molecule has 1 heteroatoms. The van der Waals surface area contributed by atoms with Crippen LogP contribution in [0.1, 0.15) is 74.7 Å². The third-order valence-corrected chi connectivity index (χ3v) is 6.53. The van der Waals surface area contributed by atoms with Gasteiger partial charge in [-0.15, -0.1) is 0 Å². The van der Waals surface area contributed by atoms with Gasteiger partial charge in [-0.3, -0.25) is 0 Å². The van der Waals surface area contributed by atoms with Crippen molar-refractivity contribution in [2.24, 2.45) is 5.41 Å². The first-order valence-corrected chi connectivity index (χ1v) is 13.8. The summed E-state index contributed by atoms with van der Waals surface area (Å²) in [6, 6.07) is 0. The molecule has 0 radical (unpaired) electrons. The number of hydrogen-bond acceptors (Lipinski definition) is 1. The zero-order valence-electron chi connectivity index (χ0n) is 25.1. The van der Waals surface area contributed by atoms with Crippen molar-refractivity contribution in [2.75, 3.05) is 6.61 Å². The van der Waals surface area contributed by atoms with Gasteiger partial charge in [0.05, 0.1) is 6.61 Å². The van der Waals surface area contributed by atoms with E-state index in [1.54, 1.807) is 6.08 Å². The molecule has 0 aromatic carbocycles. The summed E-state index contributed by atoms with van der Waals surface area (Å²) < 4.78 is 0. The first-order valence-electron chi connectivity index (χ1n) is 13.8. The van der Waals surface area contributed by atoms with Gasteiger partial charge in [0.2, 0.25) is 0 Å². The van der Waals surface area contributed by atoms with Gasteiger partial charge in [0.1, 0.15) is 0 Å². The first kappa shape index (κ1) is 32.9. The average Bonchev–Trinajstić information content (AvgIpc) is 2.84. The minimum atomic E-state index is 0.0700. The van der Waals surface area contributed by atoms with Gasteiger partial charge in [-0.05, 0) is 71.8 Å². The molecular formula is C37H50O. The van der Waals surface area contributed by atoms with Crippen molar-refractivity contribution in [3.05, 3.63) is 142 Å². The van der Waals surface area contributed by atoms with E-state index in [9.17, 15) is 0 Å². The van der Waals surface area contributed by atoms with Crippen LogP contribution in [-0.2, 0) is 0 Å². The van der Waals surface area contributed by atoms with E-state index in [0.29, 0.717) is 0 Å². The first-order chi connectivity index (χ1) is 18.0. The van der Waals surface area contributed by atoms with Gasteiger partial charge in [-0.25, -0.2) is 0 Å². The minimum Gasteiger partial charge on any atom is -0.392 e. The topological polar surface area (TPSA) is 20.2 Å². The smallest absolute Gasteiger partial charge is 0.0615 e. The Labute approximate surface area is 233 Å². The molecule has 0 aromatic rings. The molecule has 1 aliphatic carbocycles. The number of hydrogen-bond donors (Lipinski definition) is 1. The van der Waals surface area contributed by atoms with E-state index in [4.69, 9.17) is 5.11 Å². The van der Waals surface area contributed by atoms with Crippen LogP contribution in [0.25, 0.3) is 0 Å². The van der Waals surface area contributed by atoms with Crippen molar-refractivity contribution in [3.8, 4) is 0 Å². The molecule has 0 aliphatic heterocycles. The average molecular weight is 511 g/mol. The molecule has 1 nitrogen and oxygen atoms in total. The van der Waals surface area contributed by atoms with Crippen LogP contribution in [0.2, 0.25) is 0 Å². The van der Waals surface area contributed by atoms with Crippen molar-refractivity contribution in [1.82, 2.24) is 0 Å². The standard InChI is InChI=1S/C37H50O/c1-30(18-11-20-32(3)21-12-22-33(4)24-15-29-38)16-9-10-17-31(2)19-13-23-34(5)26-27-36-35(6)25-14-28-37(36,7)8/h9-13,15-24,26-27,38H,14,25,28-29H2,1-8H3/b10-9+,18-11+,19-13+,21-12+,24-15+,27-26+,30-16+,31-17+,32-20+,33-22+,34-23+. The number of allylic oxidation sites excluding steroid dienone is 23. The predicted molar refractivity (Wildman–Crippen MR) is 171 cm³/mol. The molecule has 1 rings (SSSR count). The molecular weight excluding hydrogens is 460 g/mol. The van der Waals surface area contributed by atoms with E-state index in [2.05, 4.69) is 127 Å². The highest BCUT2D eigenvalue weighted by molar-refractivity contribution is 5.37. The van der Waals surface area contributed by atoms with Crippen molar-refractivity contribution in [3.63, 3.8) is 0 Å². The van der Waals surface area contributed by atoms with Crippen LogP contribution in [0.3, 0.4) is 0 Å². The Morgan fingerprint density at radius 1 is 0.658 bits per heavy atom. The lowest BCUT2D eigenvalue weighted by molar-refractivity contribution is 0.342. The Morgan fingerprint density at radius 3 is 1.53 bits per heavy atom. The molecule has 0 atom stereocenters. The maximum Gasteiger partial charge on any atom is 0.0615 e. The summed E-state index contributed by atoms with van der Waals surface area (Å²) in [6.45, 7) is 17.6. The van der Waals surface area contributed by atoms with E-state index in [1.807, 2.05) is 25.2 Å². The quantitative estimate of drug-likeness (QED) is 0.259. The second-order valence-corrected chi connectivity index (χ2v) is 10.9. The SMILES string of the molecule is CC1=C(/C=C/C(C)=C/C=C/C(C)=C/C=C/C=C(C)/C=C/C=C(C)/C=C/C=C(C)/C=C/CO)C(C)(C)CCC1. The van der Waals surface area contributed by atoms with Crippen LogP contribution in [0.15, 0.2) is 142 Å². The molecule has 0 fully saturated rings. The van der Waals surface area contributed by atoms with Gasteiger partial charge in [0.15, 0.2) is 0 Å². The molecule has 0 heterocycles. The predicted octanol–water partition coefficient (Wildman–Crippen LogP) is 10.6. The fourth-order valence-corrected chi connectivity index (χ4v) is 4.21. The molecule has 0 spiro atoms. The maximum atomic E-state index is 8.81. The Balaban J connectivity index is 2.61. The second-order valence-electron chi connectivity index (χ2n) is 10.9. The molecule has 38 heavy (non-hydrogen) atoms. The van der Waals surface area contributed by atoms with Crippen molar-refractivity contribution >= 4 is 0 Å². The molecule has 0 aromatic heterocycles. The third kappa shape index (κ3) is 14.5. The van der Waals surface area contributed by atoms with E-state index in [1.165, 1.54) is 52.7 Å². The fourth-order valence-electron chi connectivity index (χ4n) is 4.21. The summed E-state index contributed by atoms with van der Waals surface area (Å²) in [5.74, 6) is 0. The fraction of sp³-hybridized carbons (Fsp3) is 0.351.